The maximum Gasteiger partial charge on any atom is 0.305 e. The van der Waals surface area contributed by atoms with E-state index in [-0.39, 0.29) is 17.5 Å². The molecular weight excluding hydrogens is 334 g/mol. The van der Waals surface area contributed by atoms with E-state index >= 15 is 0 Å². The molecular formula is C13H11N7O3S. The van der Waals surface area contributed by atoms with Crippen LogP contribution in [0.5, 0.6) is 0 Å². The molecule has 3 rings (SSSR count). The van der Waals surface area contributed by atoms with Gasteiger partial charge in [0.2, 0.25) is 11.7 Å². The lowest BCUT2D eigenvalue weighted by molar-refractivity contribution is -0.138. The van der Waals surface area contributed by atoms with Gasteiger partial charge in [0, 0.05) is 5.56 Å². The number of carboxylic acids is 1. The molecule has 1 amide bonds. The Morgan fingerprint density at radius 2 is 2.33 bits per heavy atom. The molecule has 0 aliphatic carbocycles. The zero-order valence-electron chi connectivity index (χ0n) is 12.1. The number of carbonyl (C=O) groups excluding carboxylic acids is 1. The predicted molar refractivity (Wildman–Crippen MR) is 86.4 cm³/mol. The second-order valence-corrected chi connectivity index (χ2v) is 5.90. The Labute approximate surface area is 139 Å². The molecule has 1 fully saturated rings. The molecule has 0 bridgehead atoms. The Hall–Kier alpha value is -3.08. The molecule has 2 heterocycles. The molecule has 0 spiro atoms. The number of nitrogens with one attached hydrogen (secondary N) is 2. The number of amides is 1. The van der Waals surface area contributed by atoms with Crippen molar-refractivity contribution in [3.8, 4) is 11.4 Å². The average molecular weight is 345 g/mol. The zero-order valence-corrected chi connectivity index (χ0v) is 12.9. The highest BCUT2D eigenvalue weighted by Crippen LogP contribution is 2.22. The van der Waals surface area contributed by atoms with Gasteiger partial charge in [-0.05, 0) is 16.8 Å². The maximum absolute atomic E-state index is 11.6. The second-order valence-electron chi connectivity index (χ2n) is 4.70. The molecule has 0 saturated carbocycles. The molecule has 1 aromatic heterocycles. The molecule has 0 radical (unpaired) electrons. The topological polar surface area (TPSA) is 146 Å². The number of aromatic nitrogens is 4. The Kier molecular flexibility index (Phi) is 4.61. The molecule has 1 aliphatic heterocycles. The van der Waals surface area contributed by atoms with E-state index in [0.717, 1.165) is 22.9 Å². The van der Waals surface area contributed by atoms with Gasteiger partial charge in [0.05, 0.1) is 12.6 Å². The Morgan fingerprint density at radius 3 is 3.08 bits per heavy atom. The third-order valence-electron chi connectivity index (χ3n) is 2.98. The summed E-state index contributed by atoms with van der Waals surface area (Å²) in [5.41, 5.74) is 1.53. The number of nitrogens with zero attached hydrogens (tertiary/aromatic N) is 5. The fourth-order valence-electron chi connectivity index (χ4n) is 1.94. The number of aliphatic carboxylic acids is 1. The highest BCUT2D eigenvalue weighted by atomic mass is 32.2. The maximum atomic E-state index is 11.6. The molecule has 1 unspecified atom stereocenters. The fourth-order valence-corrected chi connectivity index (χ4v) is 2.85. The summed E-state index contributed by atoms with van der Waals surface area (Å²) in [6.45, 7) is 0. The number of hydrogen-bond acceptors (Lipinski definition) is 8. The third-order valence-corrected chi connectivity index (χ3v) is 4.05. The molecule has 10 nitrogen and oxygen atoms in total. The van der Waals surface area contributed by atoms with E-state index in [1.165, 1.54) is 6.21 Å². The van der Waals surface area contributed by atoms with Crippen LogP contribution in [0.1, 0.15) is 12.0 Å². The number of rotatable bonds is 5. The molecule has 1 aliphatic rings. The van der Waals surface area contributed by atoms with Crippen LogP contribution in [0.3, 0.4) is 0 Å². The van der Waals surface area contributed by atoms with Gasteiger partial charge in [-0.25, -0.2) is 0 Å². The van der Waals surface area contributed by atoms with E-state index in [9.17, 15) is 9.59 Å². The van der Waals surface area contributed by atoms with Crippen molar-refractivity contribution in [2.75, 3.05) is 0 Å². The lowest BCUT2D eigenvalue weighted by Crippen LogP contribution is -2.26. The predicted octanol–water partition coefficient (Wildman–Crippen LogP) is 0.263. The van der Waals surface area contributed by atoms with Crippen LogP contribution >= 0.6 is 11.8 Å². The first-order chi connectivity index (χ1) is 11.6. The summed E-state index contributed by atoms with van der Waals surface area (Å²) in [5, 5.41) is 32.3. The SMILES string of the molecule is O=C(O)CC1SC(=NN=Cc2cccc(-c3nn[nH]n3)c2)NC1=O. The number of carbonyl (C=O) groups is 2. The van der Waals surface area contributed by atoms with Crippen LogP contribution in [0.4, 0.5) is 0 Å². The quantitative estimate of drug-likeness (QED) is 0.520. The Balaban J connectivity index is 1.67. The van der Waals surface area contributed by atoms with E-state index in [2.05, 4.69) is 36.1 Å². The number of hydrogen-bond donors (Lipinski definition) is 3. The Bertz CT molecular complexity index is 819. The summed E-state index contributed by atoms with van der Waals surface area (Å²) in [6, 6.07) is 7.27. The van der Waals surface area contributed by atoms with Crippen molar-refractivity contribution in [3.63, 3.8) is 0 Å². The van der Waals surface area contributed by atoms with Gasteiger partial charge < -0.3 is 10.4 Å². The van der Waals surface area contributed by atoms with Crippen molar-refractivity contribution < 1.29 is 14.7 Å². The number of thioether (sulfide) groups is 1. The largest absolute Gasteiger partial charge is 0.481 e. The van der Waals surface area contributed by atoms with Crippen LogP contribution in [-0.2, 0) is 9.59 Å². The number of tetrazole rings is 1. The van der Waals surface area contributed by atoms with Crippen LogP contribution in [0.25, 0.3) is 11.4 Å². The molecule has 1 aromatic carbocycles. The second kappa shape index (κ2) is 7.00. The minimum absolute atomic E-state index is 0.258. The number of H-pyrrole nitrogens is 1. The minimum atomic E-state index is -1.04. The number of carboxylic acid groups (broad SMARTS) is 1. The average Bonchev–Trinajstić information content (AvgIpc) is 3.18. The summed E-state index contributed by atoms with van der Waals surface area (Å²) in [4.78, 5) is 22.2. The third kappa shape index (κ3) is 3.81. The molecule has 2 aromatic rings. The zero-order chi connectivity index (χ0) is 16.9. The van der Waals surface area contributed by atoms with Crippen molar-refractivity contribution in [1.82, 2.24) is 25.9 Å². The van der Waals surface area contributed by atoms with Gasteiger partial charge in [-0.3, -0.25) is 9.59 Å². The molecule has 11 heteroatoms. The number of aromatic amines is 1. The highest BCUT2D eigenvalue weighted by Gasteiger charge is 2.32. The van der Waals surface area contributed by atoms with E-state index < -0.39 is 11.2 Å². The molecule has 122 valence electrons. The number of benzene rings is 1. The van der Waals surface area contributed by atoms with E-state index in [1.807, 2.05) is 24.3 Å². The standard InChI is InChI=1S/C13H11N7O3S/c21-10(22)5-9-12(23)15-13(24-9)18-14-6-7-2-1-3-8(4-7)11-16-19-20-17-11/h1-4,6,9H,5H2,(H,21,22)(H,15,18,23)(H,16,17,19,20). The summed E-state index contributed by atoms with van der Waals surface area (Å²) in [7, 11) is 0. The molecule has 24 heavy (non-hydrogen) atoms. The van der Waals surface area contributed by atoms with Crippen molar-refractivity contribution in [1.29, 1.82) is 0 Å². The van der Waals surface area contributed by atoms with Crippen molar-refractivity contribution >= 4 is 35.0 Å². The molecule has 1 saturated heterocycles. The van der Waals surface area contributed by atoms with Crippen LogP contribution < -0.4 is 5.32 Å². The van der Waals surface area contributed by atoms with Gasteiger partial charge in [-0.15, -0.1) is 15.3 Å². The summed E-state index contributed by atoms with van der Waals surface area (Å²) in [5.74, 6) is -0.951. The monoisotopic (exact) mass is 345 g/mol. The van der Waals surface area contributed by atoms with Crippen LogP contribution in [0, 0.1) is 0 Å². The smallest absolute Gasteiger partial charge is 0.305 e. The van der Waals surface area contributed by atoms with Gasteiger partial charge >= 0.3 is 5.97 Å². The van der Waals surface area contributed by atoms with Gasteiger partial charge in [0.15, 0.2) is 5.17 Å². The van der Waals surface area contributed by atoms with Crippen molar-refractivity contribution in [2.45, 2.75) is 11.7 Å². The van der Waals surface area contributed by atoms with Gasteiger partial charge in [-0.1, -0.05) is 30.0 Å². The highest BCUT2D eigenvalue weighted by molar-refractivity contribution is 8.15. The van der Waals surface area contributed by atoms with Crippen LogP contribution in [-0.4, -0.2) is 54.2 Å². The van der Waals surface area contributed by atoms with E-state index in [4.69, 9.17) is 5.11 Å². The van der Waals surface area contributed by atoms with Gasteiger partial charge in [-0.2, -0.15) is 10.3 Å². The van der Waals surface area contributed by atoms with E-state index in [1.54, 1.807) is 0 Å². The first kappa shape index (κ1) is 15.8. The van der Waals surface area contributed by atoms with Crippen molar-refractivity contribution in [3.05, 3.63) is 29.8 Å². The van der Waals surface area contributed by atoms with E-state index in [0.29, 0.717) is 5.82 Å². The lowest BCUT2D eigenvalue weighted by Gasteiger charge is -1.98. The van der Waals surface area contributed by atoms with Gasteiger partial charge in [0.25, 0.3) is 0 Å². The molecule has 1 atom stereocenters. The van der Waals surface area contributed by atoms with Gasteiger partial charge in [0.1, 0.15) is 5.25 Å². The fraction of sp³-hybridized carbons (Fsp3) is 0.154. The summed E-state index contributed by atoms with van der Waals surface area (Å²) >= 11 is 1.05. The minimum Gasteiger partial charge on any atom is -0.481 e. The first-order valence-corrected chi connectivity index (χ1v) is 7.64. The van der Waals surface area contributed by atoms with Crippen LogP contribution in [0.2, 0.25) is 0 Å². The Morgan fingerprint density at radius 1 is 1.46 bits per heavy atom. The normalized spacial score (nSPS) is 19.1. The molecule has 3 N–H and O–H groups in total. The first-order valence-electron chi connectivity index (χ1n) is 6.76. The lowest BCUT2D eigenvalue weighted by atomic mass is 10.1. The van der Waals surface area contributed by atoms with Crippen LogP contribution in [0.15, 0.2) is 34.5 Å². The summed E-state index contributed by atoms with van der Waals surface area (Å²) < 4.78 is 0. The number of amidine groups is 1. The van der Waals surface area contributed by atoms with Crippen molar-refractivity contribution in [2.24, 2.45) is 10.2 Å². The summed E-state index contributed by atoms with van der Waals surface area (Å²) in [6.07, 6.45) is 1.25.